The Bertz CT molecular complexity index is 972. The zero-order valence-electron chi connectivity index (χ0n) is 13.6. The van der Waals surface area contributed by atoms with Crippen molar-refractivity contribution in [2.24, 2.45) is 0 Å². The molecule has 6 heteroatoms. The first-order valence-corrected chi connectivity index (χ1v) is 7.42. The number of carbonyl (C=O) groups is 1. The summed E-state index contributed by atoms with van der Waals surface area (Å²) in [5.74, 6) is -0.662. The van der Waals surface area contributed by atoms with Crippen LogP contribution in [0.5, 0.6) is 0 Å². The highest BCUT2D eigenvalue weighted by Gasteiger charge is 2.20. The molecule has 0 bridgehead atoms. The van der Waals surface area contributed by atoms with Gasteiger partial charge in [0.05, 0.1) is 11.8 Å². The highest BCUT2D eigenvalue weighted by molar-refractivity contribution is 6.09. The second kappa shape index (κ2) is 6.92. The molecule has 122 valence electrons. The summed E-state index contributed by atoms with van der Waals surface area (Å²) in [5.41, 5.74) is 0.833. The van der Waals surface area contributed by atoms with Crippen LogP contribution in [0, 0.1) is 18.3 Å². The minimum atomic E-state index is -0.718. The molecule has 6 nitrogen and oxygen atoms in total. The molecule has 2 N–H and O–H groups in total. The third-order valence-electron chi connectivity index (χ3n) is 3.50. The Morgan fingerprint density at radius 1 is 1.21 bits per heavy atom. The molecule has 0 fully saturated rings. The molecule has 0 unspecified atom stereocenters. The van der Waals surface area contributed by atoms with Gasteiger partial charge in [0, 0.05) is 17.2 Å². The SMILES string of the molecule is Cc1cc(/C=C/C#N)cc(C(=O)c2[nH]c(=O)[nH]c(=O)c2C(C)C)c1. The lowest BCUT2D eigenvalue weighted by Gasteiger charge is -2.11. The second-order valence-electron chi connectivity index (χ2n) is 5.78. The van der Waals surface area contributed by atoms with E-state index in [0.717, 1.165) is 5.56 Å². The number of H-pyrrole nitrogens is 2. The maximum atomic E-state index is 12.8. The van der Waals surface area contributed by atoms with E-state index in [0.29, 0.717) is 11.1 Å². The highest BCUT2D eigenvalue weighted by Crippen LogP contribution is 2.18. The van der Waals surface area contributed by atoms with Crippen LogP contribution in [-0.2, 0) is 0 Å². The van der Waals surface area contributed by atoms with Crippen LogP contribution < -0.4 is 11.2 Å². The average molecular weight is 323 g/mol. The molecule has 0 atom stereocenters. The number of hydrogen-bond donors (Lipinski definition) is 2. The molecule has 1 aromatic carbocycles. The summed E-state index contributed by atoms with van der Waals surface area (Å²) in [4.78, 5) is 41.1. The van der Waals surface area contributed by atoms with Crippen molar-refractivity contribution in [3.63, 3.8) is 0 Å². The Hall–Kier alpha value is -3.20. The predicted molar refractivity (Wildman–Crippen MR) is 91.0 cm³/mol. The smallest absolute Gasteiger partial charge is 0.304 e. The van der Waals surface area contributed by atoms with Crippen LogP contribution in [0.1, 0.15) is 52.5 Å². The third-order valence-corrected chi connectivity index (χ3v) is 3.50. The Morgan fingerprint density at radius 3 is 2.54 bits per heavy atom. The highest BCUT2D eigenvalue weighted by atomic mass is 16.2. The van der Waals surface area contributed by atoms with E-state index in [9.17, 15) is 14.4 Å². The van der Waals surface area contributed by atoms with E-state index in [-0.39, 0.29) is 17.2 Å². The van der Waals surface area contributed by atoms with Gasteiger partial charge < -0.3 is 4.98 Å². The van der Waals surface area contributed by atoms with Gasteiger partial charge in [-0.1, -0.05) is 19.9 Å². The van der Waals surface area contributed by atoms with Crippen LogP contribution in [0.15, 0.2) is 33.9 Å². The van der Waals surface area contributed by atoms with E-state index in [1.165, 1.54) is 6.08 Å². The van der Waals surface area contributed by atoms with Crippen LogP contribution >= 0.6 is 0 Å². The molecule has 1 heterocycles. The summed E-state index contributed by atoms with van der Waals surface area (Å²) in [5, 5.41) is 8.63. The minimum Gasteiger partial charge on any atom is -0.304 e. The maximum absolute atomic E-state index is 12.8. The third kappa shape index (κ3) is 3.58. The first-order chi connectivity index (χ1) is 11.3. The number of hydrogen-bond acceptors (Lipinski definition) is 4. The lowest BCUT2D eigenvalue weighted by atomic mass is 9.95. The van der Waals surface area contributed by atoms with Gasteiger partial charge in [-0.3, -0.25) is 14.6 Å². The fraction of sp³-hybridized carbons (Fsp3) is 0.222. The van der Waals surface area contributed by atoms with Crippen molar-refractivity contribution < 1.29 is 4.79 Å². The van der Waals surface area contributed by atoms with E-state index < -0.39 is 17.0 Å². The van der Waals surface area contributed by atoms with Gasteiger partial charge in [0.25, 0.3) is 5.56 Å². The standard InChI is InChI=1S/C18H17N3O3/c1-10(2)14-15(20-18(24)21-17(14)23)16(22)13-8-11(3)7-12(9-13)5-4-6-19/h4-5,7-10H,1-3H3,(H2,20,21,23,24)/b5-4+. The molecular weight excluding hydrogens is 306 g/mol. The normalized spacial score (nSPS) is 11.0. The molecule has 0 spiro atoms. The largest absolute Gasteiger partial charge is 0.326 e. The molecule has 0 saturated carbocycles. The zero-order chi connectivity index (χ0) is 17.9. The molecular formula is C18H17N3O3. The number of carbonyl (C=O) groups excluding carboxylic acids is 1. The number of allylic oxidation sites excluding steroid dienone is 1. The van der Waals surface area contributed by atoms with Gasteiger partial charge in [0.1, 0.15) is 0 Å². The lowest BCUT2D eigenvalue weighted by Crippen LogP contribution is -2.30. The summed E-state index contributed by atoms with van der Waals surface area (Å²) in [6.45, 7) is 5.37. The summed E-state index contributed by atoms with van der Waals surface area (Å²) in [6.07, 6.45) is 2.91. The number of nitriles is 1. The van der Waals surface area contributed by atoms with E-state index >= 15 is 0 Å². The molecule has 0 amide bonds. The maximum Gasteiger partial charge on any atom is 0.326 e. The van der Waals surface area contributed by atoms with E-state index in [4.69, 9.17) is 5.26 Å². The van der Waals surface area contributed by atoms with Crippen molar-refractivity contribution in [1.29, 1.82) is 5.26 Å². The summed E-state index contributed by atoms with van der Waals surface area (Å²) < 4.78 is 0. The molecule has 0 aliphatic carbocycles. The quantitative estimate of drug-likeness (QED) is 0.664. The van der Waals surface area contributed by atoms with Crippen LogP contribution in [0.4, 0.5) is 0 Å². The number of aromatic nitrogens is 2. The van der Waals surface area contributed by atoms with Crippen molar-refractivity contribution in [1.82, 2.24) is 9.97 Å². The molecule has 2 aromatic rings. The second-order valence-corrected chi connectivity index (χ2v) is 5.78. The Balaban J connectivity index is 2.64. The Kier molecular flexibility index (Phi) is 4.95. The van der Waals surface area contributed by atoms with Crippen LogP contribution in [0.25, 0.3) is 6.08 Å². The Labute approximate surface area is 138 Å². The number of ketones is 1. The molecule has 24 heavy (non-hydrogen) atoms. The molecule has 2 rings (SSSR count). The Morgan fingerprint density at radius 2 is 1.92 bits per heavy atom. The predicted octanol–water partition coefficient (Wildman–Crippen LogP) is 2.26. The first kappa shape index (κ1) is 17.2. The number of nitrogens with zero attached hydrogens (tertiary/aromatic N) is 1. The number of aryl methyl sites for hydroxylation is 1. The van der Waals surface area contributed by atoms with Gasteiger partial charge in [-0.25, -0.2) is 4.79 Å². The van der Waals surface area contributed by atoms with Gasteiger partial charge in [-0.2, -0.15) is 5.26 Å². The zero-order valence-corrected chi connectivity index (χ0v) is 13.6. The summed E-state index contributed by atoms with van der Waals surface area (Å²) in [6, 6.07) is 7.02. The molecule has 0 saturated heterocycles. The van der Waals surface area contributed by atoms with Crippen molar-refractivity contribution in [2.45, 2.75) is 26.7 Å². The van der Waals surface area contributed by atoms with Crippen molar-refractivity contribution in [3.05, 3.63) is 73.1 Å². The lowest BCUT2D eigenvalue weighted by molar-refractivity contribution is 0.103. The van der Waals surface area contributed by atoms with E-state index in [2.05, 4.69) is 9.97 Å². The molecule has 0 radical (unpaired) electrons. The summed E-state index contributed by atoms with van der Waals surface area (Å²) >= 11 is 0. The monoisotopic (exact) mass is 323 g/mol. The molecule has 0 aliphatic heterocycles. The minimum absolute atomic E-state index is 0.000405. The van der Waals surface area contributed by atoms with Crippen LogP contribution in [0.3, 0.4) is 0 Å². The van der Waals surface area contributed by atoms with Gasteiger partial charge in [-0.15, -0.1) is 0 Å². The van der Waals surface area contributed by atoms with Gasteiger partial charge >= 0.3 is 5.69 Å². The fourth-order valence-corrected chi connectivity index (χ4v) is 2.54. The molecule has 1 aromatic heterocycles. The number of nitrogens with one attached hydrogen (secondary N) is 2. The van der Waals surface area contributed by atoms with Gasteiger partial charge in [0.15, 0.2) is 0 Å². The molecule has 0 aliphatic rings. The van der Waals surface area contributed by atoms with Gasteiger partial charge in [-0.05, 0) is 42.2 Å². The van der Waals surface area contributed by atoms with Crippen molar-refractivity contribution >= 4 is 11.9 Å². The van der Waals surface area contributed by atoms with E-state index in [1.807, 2.05) is 19.1 Å². The summed E-state index contributed by atoms with van der Waals surface area (Å²) in [7, 11) is 0. The first-order valence-electron chi connectivity index (χ1n) is 7.42. The van der Waals surface area contributed by atoms with Crippen molar-refractivity contribution in [3.8, 4) is 6.07 Å². The number of rotatable bonds is 4. The van der Waals surface area contributed by atoms with Gasteiger partial charge in [0.2, 0.25) is 5.78 Å². The topological polar surface area (TPSA) is 107 Å². The number of benzene rings is 1. The number of aromatic amines is 2. The average Bonchev–Trinajstić information content (AvgIpc) is 2.50. The fourth-order valence-electron chi connectivity index (χ4n) is 2.54. The van der Waals surface area contributed by atoms with E-state index in [1.54, 1.807) is 32.1 Å². The van der Waals surface area contributed by atoms with Crippen molar-refractivity contribution in [2.75, 3.05) is 0 Å². The van der Waals surface area contributed by atoms with Crippen LogP contribution in [0.2, 0.25) is 0 Å². The van der Waals surface area contributed by atoms with Crippen LogP contribution in [-0.4, -0.2) is 15.8 Å².